The third kappa shape index (κ3) is 6.01. The summed E-state index contributed by atoms with van der Waals surface area (Å²) in [6.45, 7) is 29.2. The zero-order chi connectivity index (χ0) is 48.7. The molecule has 1 aromatic heterocycles. The van der Waals surface area contributed by atoms with Crippen molar-refractivity contribution >= 4 is 62.5 Å². The number of fused-ring (bicyclic) bond motifs is 11. The lowest BCUT2D eigenvalue weighted by Gasteiger charge is -2.55. The molecule has 0 radical (unpaired) electrons. The van der Waals surface area contributed by atoms with Gasteiger partial charge in [0, 0.05) is 49.9 Å². The number of nitrogens with zero attached hydrogens (tertiary/aromatic N) is 2. The molecular formula is C66H69BN2O. The SMILES string of the molecule is CC(C)(C)c1ccc(N2c3cc4c(cc3B3c5c(cc(-c6ccccc6)cc52)-c2cc(C(C)(C)C)cc5c2N3C2(C)CCCCC52C)oc2cc3c(cc24)C(C)(C)CCC3(C)C)c(-c2ccccc2)c1. The number of hydrogen-bond acceptors (Lipinski definition) is 3. The summed E-state index contributed by atoms with van der Waals surface area (Å²) in [6.07, 6.45) is 7.16. The first kappa shape index (κ1) is 44.0. The van der Waals surface area contributed by atoms with Gasteiger partial charge in [-0.05, 0) is 170 Å². The summed E-state index contributed by atoms with van der Waals surface area (Å²) >= 11 is 0. The molecule has 1 fully saturated rings. The number of hydrogen-bond donors (Lipinski definition) is 0. The van der Waals surface area contributed by atoms with Gasteiger partial charge < -0.3 is 14.1 Å². The average molecular weight is 917 g/mol. The number of benzene rings is 7. The van der Waals surface area contributed by atoms with E-state index in [0.717, 1.165) is 17.6 Å². The van der Waals surface area contributed by atoms with Crippen molar-refractivity contribution in [3.63, 3.8) is 0 Å². The predicted octanol–water partition coefficient (Wildman–Crippen LogP) is 16.8. The highest BCUT2D eigenvalue weighted by atomic mass is 16.3. The Hall–Kier alpha value is -6.00. The Bertz CT molecular complexity index is 3510. The van der Waals surface area contributed by atoms with Crippen LogP contribution in [0.15, 0.2) is 132 Å². The van der Waals surface area contributed by atoms with Crippen LogP contribution in [0.4, 0.5) is 22.7 Å². The van der Waals surface area contributed by atoms with E-state index < -0.39 is 0 Å². The summed E-state index contributed by atoms with van der Waals surface area (Å²) in [7, 11) is 0. The summed E-state index contributed by atoms with van der Waals surface area (Å²) in [5, 5.41) is 2.41. The molecule has 4 heteroatoms. The fourth-order valence-electron chi connectivity index (χ4n) is 14.2. The van der Waals surface area contributed by atoms with Crippen molar-refractivity contribution in [2.45, 2.75) is 154 Å². The van der Waals surface area contributed by atoms with E-state index in [2.05, 4.69) is 220 Å². The van der Waals surface area contributed by atoms with E-state index in [0.29, 0.717) is 0 Å². The second kappa shape index (κ2) is 14.3. The maximum Gasteiger partial charge on any atom is 0.329 e. The van der Waals surface area contributed by atoms with Gasteiger partial charge in [0.25, 0.3) is 0 Å². The summed E-state index contributed by atoms with van der Waals surface area (Å²) in [6, 6.07) is 49.9. The lowest BCUT2D eigenvalue weighted by atomic mass is 9.42. The zero-order valence-corrected chi connectivity index (χ0v) is 43.7. The molecule has 0 bridgehead atoms. The molecule has 5 aliphatic rings. The topological polar surface area (TPSA) is 19.6 Å². The Kier molecular flexibility index (Phi) is 9.01. The fraction of sp³-hybridized carbons (Fsp3) is 0.364. The maximum absolute atomic E-state index is 7.26. The average Bonchev–Trinajstić information content (AvgIpc) is 3.79. The predicted molar refractivity (Wildman–Crippen MR) is 299 cm³/mol. The van der Waals surface area contributed by atoms with E-state index in [-0.39, 0.29) is 39.5 Å². The Balaban J connectivity index is 1.20. The van der Waals surface area contributed by atoms with Crippen LogP contribution in [0.25, 0.3) is 55.3 Å². The van der Waals surface area contributed by atoms with Crippen molar-refractivity contribution in [1.82, 2.24) is 0 Å². The van der Waals surface area contributed by atoms with Crippen molar-refractivity contribution in [3.8, 4) is 33.4 Å². The van der Waals surface area contributed by atoms with Gasteiger partial charge in [0.2, 0.25) is 0 Å². The molecule has 0 spiro atoms. The molecule has 352 valence electrons. The van der Waals surface area contributed by atoms with Crippen LogP contribution in [0.1, 0.15) is 149 Å². The van der Waals surface area contributed by atoms with Gasteiger partial charge >= 0.3 is 6.85 Å². The molecule has 7 aromatic carbocycles. The van der Waals surface area contributed by atoms with Crippen LogP contribution < -0.4 is 20.6 Å². The lowest BCUT2D eigenvalue weighted by Crippen LogP contribution is -2.70. The van der Waals surface area contributed by atoms with Crippen molar-refractivity contribution in [1.29, 1.82) is 0 Å². The fourth-order valence-corrected chi connectivity index (χ4v) is 14.2. The Morgan fingerprint density at radius 1 is 0.486 bits per heavy atom. The first-order chi connectivity index (χ1) is 33.2. The van der Waals surface area contributed by atoms with E-state index in [1.807, 2.05) is 0 Å². The summed E-state index contributed by atoms with van der Waals surface area (Å²) in [4.78, 5) is 5.67. The van der Waals surface area contributed by atoms with E-state index in [1.165, 1.54) is 132 Å². The quantitative estimate of drug-likeness (QED) is 0.165. The minimum atomic E-state index is -0.112. The molecule has 70 heavy (non-hydrogen) atoms. The standard InChI is InChI=1S/C66H69BN2O/c1-61(2,3)43-25-26-54(45(33-43)41-23-17-14-18-24-41)68-55-37-47-46-36-50-51(64(9,10)30-29-63(50,7)8)38-57(46)70-58(47)39-53(55)67-59-48(31-42(32-56(59)68)40-21-15-13-16-22-40)49-34-44(62(4,5)6)35-52-60(49)69(67)66(12)28-20-19-27-65(52,66)11/h13-18,21-26,31-39H,19-20,27-30H2,1-12H3. The smallest absolute Gasteiger partial charge is 0.329 e. The highest BCUT2D eigenvalue weighted by Crippen LogP contribution is 2.64. The summed E-state index contributed by atoms with van der Waals surface area (Å²) in [5.74, 6) is 0. The molecule has 0 N–H and O–H groups in total. The van der Waals surface area contributed by atoms with Gasteiger partial charge in [-0.2, -0.15) is 0 Å². The Morgan fingerprint density at radius 3 is 1.79 bits per heavy atom. The van der Waals surface area contributed by atoms with Crippen LogP contribution in [0.2, 0.25) is 0 Å². The number of furan rings is 1. The summed E-state index contributed by atoms with van der Waals surface area (Å²) in [5.41, 5.74) is 24.7. The van der Waals surface area contributed by atoms with E-state index in [9.17, 15) is 0 Å². The van der Waals surface area contributed by atoms with Gasteiger partial charge in [0.1, 0.15) is 11.2 Å². The molecule has 0 saturated heterocycles. The molecular weight excluding hydrogens is 848 g/mol. The molecule has 13 rings (SSSR count). The minimum Gasteiger partial charge on any atom is -0.456 e. The van der Waals surface area contributed by atoms with Crippen molar-refractivity contribution in [3.05, 3.63) is 155 Å². The Labute approximate surface area is 417 Å². The van der Waals surface area contributed by atoms with E-state index in [1.54, 1.807) is 5.56 Å². The van der Waals surface area contributed by atoms with Gasteiger partial charge in [-0.25, -0.2) is 0 Å². The molecule has 3 aliphatic heterocycles. The first-order valence-electron chi connectivity index (χ1n) is 26.5. The third-order valence-corrected chi connectivity index (χ3v) is 18.8. The van der Waals surface area contributed by atoms with Crippen LogP contribution in [0.5, 0.6) is 0 Å². The van der Waals surface area contributed by atoms with Gasteiger partial charge in [-0.15, -0.1) is 0 Å². The second-order valence-corrected chi connectivity index (χ2v) is 25.9. The number of rotatable bonds is 3. The first-order valence-corrected chi connectivity index (χ1v) is 26.5. The van der Waals surface area contributed by atoms with Crippen LogP contribution in [0, 0.1) is 0 Å². The Morgan fingerprint density at radius 2 is 1.10 bits per heavy atom. The molecule has 2 aliphatic carbocycles. The van der Waals surface area contributed by atoms with E-state index >= 15 is 0 Å². The van der Waals surface area contributed by atoms with Crippen LogP contribution in [-0.4, -0.2) is 12.4 Å². The van der Waals surface area contributed by atoms with Crippen LogP contribution in [-0.2, 0) is 27.1 Å². The summed E-state index contributed by atoms with van der Waals surface area (Å²) < 4.78 is 7.26. The normalized spacial score (nSPS) is 21.6. The van der Waals surface area contributed by atoms with Crippen LogP contribution >= 0.6 is 0 Å². The second-order valence-electron chi connectivity index (χ2n) is 25.9. The highest BCUT2D eigenvalue weighted by molar-refractivity contribution is 6.93. The van der Waals surface area contributed by atoms with E-state index in [4.69, 9.17) is 4.42 Å². The van der Waals surface area contributed by atoms with Crippen LogP contribution in [0.3, 0.4) is 0 Å². The lowest BCUT2D eigenvalue weighted by molar-refractivity contribution is 0.199. The monoisotopic (exact) mass is 917 g/mol. The zero-order valence-electron chi connectivity index (χ0n) is 43.7. The van der Waals surface area contributed by atoms with Gasteiger partial charge in [-0.3, -0.25) is 0 Å². The minimum absolute atomic E-state index is 0.0240. The molecule has 2 unspecified atom stereocenters. The molecule has 0 amide bonds. The maximum atomic E-state index is 7.26. The molecule has 2 atom stereocenters. The number of anilines is 4. The van der Waals surface area contributed by atoms with Crippen molar-refractivity contribution < 1.29 is 4.42 Å². The largest absolute Gasteiger partial charge is 0.456 e. The van der Waals surface area contributed by atoms with Crippen molar-refractivity contribution in [2.24, 2.45) is 0 Å². The molecule has 1 saturated carbocycles. The van der Waals surface area contributed by atoms with Crippen molar-refractivity contribution in [2.75, 3.05) is 9.71 Å². The highest BCUT2D eigenvalue weighted by Gasteiger charge is 2.63. The van der Waals surface area contributed by atoms with Gasteiger partial charge in [-0.1, -0.05) is 162 Å². The molecule has 3 nitrogen and oxygen atoms in total. The third-order valence-electron chi connectivity index (χ3n) is 18.8. The molecule has 4 heterocycles. The molecule has 8 aromatic rings. The van der Waals surface area contributed by atoms with Gasteiger partial charge in [0.15, 0.2) is 0 Å². The van der Waals surface area contributed by atoms with Gasteiger partial charge in [0.05, 0.1) is 5.69 Å².